The van der Waals surface area contributed by atoms with Crippen LogP contribution >= 0.6 is 0 Å². The summed E-state index contributed by atoms with van der Waals surface area (Å²) in [5.41, 5.74) is 1.54. The molecule has 0 bridgehead atoms. The average Bonchev–Trinajstić information content (AvgIpc) is 2.50. The zero-order valence-corrected chi connectivity index (χ0v) is 8.76. The molecule has 1 aliphatic heterocycles. The van der Waals surface area contributed by atoms with Crippen LogP contribution < -0.4 is 0 Å². The predicted octanol–water partition coefficient (Wildman–Crippen LogP) is 3.08. The van der Waals surface area contributed by atoms with Crippen LogP contribution in [0.5, 0.6) is 0 Å². The van der Waals surface area contributed by atoms with E-state index in [0.29, 0.717) is 0 Å². The Bertz CT molecular complexity index is 273. The third kappa shape index (κ3) is 1.10. The quantitative estimate of drug-likeness (QED) is 0.518. The minimum atomic E-state index is -0.0920. The molecule has 0 radical (unpaired) electrons. The van der Waals surface area contributed by atoms with Gasteiger partial charge in [-0.15, -0.1) is 0 Å². The van der Waals surface area contributed by atoms with E-state index in [2.05, 4.69) is 39.0 Å². The van der Waals surface area contributed by atoms with E-state index in [1.807, 2.05) is 0 Å². The Kier molecular flexibility index (Phi) is 1.88. The van der Waals surface area contributed by atoms with Crippen molar-refractivity contribution in [2.75, 3.05) is 6.61 Å². The fourth-order valence-corrected chi connectivity index (χ4v) is 2.63. The zero-order valence-electron chi connectivity index (χ0n) is 8.76. The minimum Gasteiger partial charge on any atom is -0.362 e. The SMILES string of the molecule is CC1=CCCC(C)(C)C12C=CCO2. The van der Waals surface area contributed by atoms with Gasteiger partial charge in [0.15, 0.2) is 0 Å². The van der Waals surface area contributed by atoms with Crippen LogP contribution in [0.1, 0.15) is 33.6 Å². The van der Waals surface area contributed by atoms with Gasteiger partial charge < -0.3 is 4.74 Å². The first-order chi connectivity index (χ1) is 6.08. The molecule has 0 aromatic heterocycles. The first-order valence-electron chi connectivity index (χ1n) is 5.07. The summed E-state index contributed by atoms with van der Waals surface area (Å²) in [6.45, 7) is 7.57. The smallest absolute Gasteiger partial charge is 0.113 e. The summed E-state index contributed by atoms with van der Waals surface area (Å²) in [6.07, 6.45) is 9.12. The summed E-state index contributed by atoms with van der Waals surface area (Å²) in [4.78, 5) is 0. The van der Waals surface area contributed by atoms with Crippen molar-refractivity contribution in [2.24, 2.45) is 5.41 Å². The van der Waals surface area contributed by atoms with E-state index in [0.717, 1.165) is 6.61 Å². The van der Waals surface area contributed by atoms with Gasteiger partial charge in [-0.05, 0) is 31.4 Å². The van der Waals surface area contributed by atoms with Gasteiger partial charge in [0.25, 0.3) is 0 Å². The summed E-state index contributed by atoms with van der Waals surface area (Å²) in [7, 11) is 0. The molecule has 1 heterocycles. The van der Waals surface area contributed by atoms with E-state index in [4.69, 9.17) is 4.74 Å². The second-order valence-corrected chi connectivity index (χ2v) is 4.76. The molecule has 1 aliphatic carbocycles. The van der Waals surface area contributed by atoms with Crippen molar-refractivity contribution >= 4 is 0 Å². The monoisotopic (exact) mass is 178 g/mol. The highest BCUT2D eigenvalue weighted by Crippen LogP contribution is 2.49. The van der Waals surface area contributed by atoms with Crippen LogP contribution in [0, 0.1) is 5.41 Å². The molecule has 2 aliphatic rings. The Balaban J connectivity index is 2.45. The molecule has 0 aromatic rings. The van der Waals surface area contributed by atoms with Crippen molar-refractivity contribution in [2.45, 2.75) is 39.2 Å². The molecule has 1 spiro atoms. The second kappa shape index (κ2) is 2.71. The maximum absolute atomic E-state index is 5.93. The average molecular weight is 178 g/mol. The second-order valence-electron chi connectivity index (χ2n) is 4.76. The van der Waals surface area contributed by atoms with Gasteiger partial charge in [0.1, 0.15) is 5.60 Å². The summed E-state index contributed by atoms with van der Waals surface area (Å²) in [5.74, 6) is 0. The van der Waals surface area contributed by atoms with Crippen molar-refractivity contribution in [1.29, 1.82) is 0 Å². The molecule has 1 atom stereocenters. The van der Waals surface area contributed by atoms with Gasteiger partial charge in [-0.3, -0.25) is 0 Å². The number of rotatable bonds is 0. The highest BCUT2D eigenvalue weighted by molar-refractivity contribution is 5.33. The minimum absolute atomic E-state index is 0.0920. The standard InChI is InChI=1S/C12H18O/c1-10-6-4-7-11(2,3)12(10)8-5-9-13-12/h5-6,8H,4,7,9H2,1-3H3. The molecule has 0 fully saturated rings. The van der Waals surface area contributed by atoms with Gasteiger partial charge in [-0.2, -0.15) is 0 Å². The third-order valence-electron chi connectivity index (χ3n) is 3.57. The third-order valence-corrected chi connectivity index (χ3v) is 3.57. The lowest BCUT2D eigenvalue weighted by Crippen LogP contribution is -2.46. The van der Waals surface area contributed by atoms with Crippen molar-refractivity contribution in [3.8, 4) is 0 Å². The lowest BCUT2D eigenvalue weighted by atomic mass is 9.65. The van der Waals surface area contributed by atoms with E-state index >= 15 is 0 Å². The lowest BCUT2D eigenvalue weighted by Gasteiger charge is -2.46. The normalized spacial score (nSPS) is 36.7. The number of hydrogen-bond donors (Lipinski definition) is 0. The Labute approximate surface area is 80.5 Å². The van der Waals surface area contributed by atoms with Crippen LogP contribution in [0.4, 0.5) is 0 Å². The number of hydrogen-bond acceptors (Lipinski definition) is 1. The topological polar surface area (TPSA) is 9.23 Å². The summed E-state index contributed by atoms with van der Waals surface area (Å²) in [5, 5.41) is 0. The van der Waals surface area contributed by atoms with Crippen LogP contribution in [0.15, 0.2) is 23.8 Å². The molecule has 0 amide bonds. The largest absolute Gasteiger partial charge is 0.362 e. The van der Waals surface area contributed by atoms with E-state index in [1.54, 1.807) is 0 Å². The Morgan fingerprint density at radius 1 is 1.38 bits per heavy atom. The Morgan fingerprint density at radius 2 is 2.15 bits per heavy atom. The zero-order chi connectivity index (χ0) is 9.53. The van der Waals surface area contributed by atoms with Crippen molar-refractivity contribution < 1.29 is 4.74 Å². The van der Waals surface area contributed by atoms with Gasteiger partial charge in [0, 0.05) is 5.41 Å². The fraction of sp³-hybridized carbons (Fsp3) is 0.667. The maximum atomic E-state index is 5.93. The molecular formula is C12H18O. The molecule has 1 unspecified atom stereocenters. The first kappa shape index (κ1) is 9.01. The van der Waals surface area contributed by atoms with Crippen LogP contribution in [-0.4, -0.2) is 12.2 Å². The van der Waals surface area contributed by atoms with E-state index in [9.17, 15) is 0 Å². The van der Waals surface area contributed by atoms with E-state index in [1.165, 1.54) is 18.4 Å². The molecule has 0 saturated carbocycles. The van der Waals surface area contributed by atoms with Crippen LogP contribution in [0.25, 0.3) is 0 Å². The fourth-order valence-electron chi connectivity index (χ4n) is 2.63. The van der Waals surface area contributed by atoms with Gasteiger partial charge in [0.2, 0.25) is 0 Å². The number of ether oxygens (including phenoxy) is 1. The van der Waals surface area contributed by atoms with Crippen molar-refractivity contribution in [3.05, 3.63) is 23.8 Å². The highest BCUT2D eigenvalue weighted by atomic mass is 16.5. The Morgan fingerprint density at radius 3 is 2.69 bits per heavy atom. The van der Waals surface area contributed by atoms with E-state index < -0.39 is 0 Å². The highest BCUT2D eigenvalue weighted by Gasteiger charge is 2.48. The molecule has 0 N–H and O–H groups in total. The molecule has 0 aromatic carbocycles. The summed E-state index contributed by atoms with van der Waals surface area (Å²) >= 11 is 0. The van der Waals surface area contributed by atoms with Crippen molar-refractivity contribution in [3.63, 3.8) is 0 Å². The van der Waals surface area contributed by atoms with Crippen LogP contribution in [0.3, 0.4) is 0 Å². The van der Waals surface area contributed by atoms with Crippen molar-refractivity contribution in [1.82, 2.24) is 0 Å². The van der Waals surface area contributed by atoms with Crippen LogP contribution in [-0.2, 0) is 4.74 Å². The van der Waals surface area contributed by atoms with Gasteiger partial charge in [-0.1, -0.05) is 26.0 Å². The lowest BCUT2D eigenvalue weighted by molar-refractivity contribution is -0.0440. The Hall–Kier alpha value is -0.560. The molecule has 1 heteroatoms. The molecule has 2 rings (SSSR count). The molecular weight excluding hydrogens is 160 g/mol. The van der Waals surface area contributed by atoms with E-state index in [-0.39, 0.29) is 11.0 Å². The first-order valence-corrected chi connectivity index (χ1v) is 5.07. The van der Waals surface area contributed by atoms with Gasteiger partial charge in [-0.25, -0.2) is 0 Å². The number of allylic oxidation sites excluding steroid dienone is 1. The van der Waals surface area contributed by atoms with Crippen LogP contribution in [0.2, 0.25) is 0 Å². The van der Waals surface area contributed by atoms with Gasteiger partial charge >= 0.3 is 0 Å². The molecule has 13 heavy (non-hydrogen) atoms. The maximum Gasteiger partial charge on any atom is 0.113 e. The van der Waals surface area contributed by atoms with Gasteiger partial charge in [0.05, 0.1) is 6.61 Å². The molecule has 72 valence electrons. The predicted molar refractivity (Wildman–Crippen MR) is 54.6 cm³/mol. The molecule has 1 nitrogen and oxygen atoms in total. The summed E-state index contributed by atoms with van der Waals surface area (Å²) < 4.78 is 5.93. The molecule has 0 saturated heterocycles. The summed E-state index contributed by atoms with van der Waals surface area (Å²) in [6, 6.07) is 0.